The Morgan fingerprint density at radius 1 is 0.875 bits per heavy atom. The first kappa shape index (κ1) is 22.5. The highest BCUT2D eigenvalue weighted by molar-refractivity contribution is 6.32. The fourth-order valence-corrected chi connectivity index (χ4v) is 4.57. The molecule has 2 amide bonds. The molecule has 2 saturated heterocycles. The lowest BCUT2D eigenvalue weighted by Gasteiger charge is -2.38. The number of nitrogens with zero attached hydrogens (tertiary/aromatic N) is 4. The topological polar surface area (TPSA) is 87.0 Å². The summed E-state index contributed by atoms with van der Waals surface area (Å²) < 4.78 is 0. The van der Waals surface area contributed by atoms with E-state index in [0.29, 0.717) is 36.8 Å². The molecule has 1 atom stereocenters. The van der Waals surface area contributed by atoms with Crippen molar-refractivity contribution in [2.45, 2.75) is 12.5 Å². The van der Waals surface area contributed by atoms with Crippen molar-refractivity contribution in [3.05, 3.63) is 73.8 Å². The van der Waals surface area contributed by atoms with E-state index in [1.54, 1.807) is 29.2 Å². The summed E-state index contributed by atoms with van der Waals surface area (Å²) in [5, 5.41) is 11.7. The number of nitro groups is 1. The van der Waals surface area contributed by atoms with E-state index < -0.39 is 4.92 Å². The van der Waals surface area contributed by atoms with E-state index in [-0.39, 0.29) is 34.1 Å². The van der Waals surface area contributed by atoms with Crippen molar-refractivity contribution in [3.8, 4) is 0 Å². The molecule has 2 aromatic carbocycles. The maximum Gasteiger partial charge on any atom is 0.288 e. The van der Waals surface area contributed by atoms with Crippen LogP contribution in [0.25, 0.3) is 0 Å². The van der Waals surface area contributed by atoms with E-state index in [2.05, 4.69) is 4.90 Å². The van der Waals surface area contributed by atoms with E-state index in [1.807, 2.05) is 4.90 Å². The van der Waals surface area contributed by atoms with Crippen LogP contribution < -0.4 is 0 Å². The first-order chi connectivity index (χ1) is 15.3. The maximum absolute atomic E-state index is 12.9. The zero-order chi connectivity index (χ0) is 22.8. The lowest BCUT2D eigenvalue weighted by molar-refractivity contribution is -0.384. The maximum atomic E-state index is 12.9. The number of hydrogen-bond donors (Lipinski definition) is 0. The minimum absolute atomic E-state index is 0.00567. The fraction of sp³-hybridized carbons (Fsp3) is 0.364. The van der Waals surface area contributed by atoms with Gasteiger partial charge in [-0.25, -0.2) is 0 Å². The summed E-state index contributed by atoms with van der Waals surface area (Å²) in [5.41, 5.74) is 0.618. The molecule has 2 aliphatic heterocycles. The number of carbonyl (C=O) groups is 2. The van der Waals surface area contributed by atoms with Crippen LogP contribution in [0.15, 0.2) is 42.5 Å². The third-order valence-electron chi connectivity index (χ3n) is 6.05. The molecule has 168 valence electrons. The van der Waals surface area contributed by atoms with Crippen LogP contribution in [0.5, 0.6) is 0 Å². The molecule has 0 unspecified atom stereocenters. The molecular formula is C22H22Cl2N4O4. The van der Waals surface area contributed by atoms with Gasteiger partial charge in [-0.2, -0.15) is 0 Å². The Labute approximate surface area is 195 Å². The minimum atomic E-state index is -0.587. The molecule has 2 heterocycles. The fourth-order valence-electron chi connectivity index (χ4n) is 4.26. The predicted octanol–water partition coefficient (Wildman–Crippen LogP) is 3.57. The molecule has 0 saturated carbocycles. The first-order valence-electron chi connectivity index (χ1n) is 10.4. The van der Waals surface area contributed by atoms with Crippen LogP contribution in [-0.4, -0.2) is 76.7 Å². The van der Waals surface area contributed by atoms with Crippen LogP contribution in [0.3, 0.4) is 0 Å². The Morgan fingerprint density at radius 3 is 2.16 bits per heavy atom. The monoisotopic (exact) mass is 476 g/mol. The summed E-state index contributed by atoms with van der Waals surface area (Å²) in [7, 11) is 0. The third-order valence-corrected chi connectivity index (χ3v) is 6.62. The molecule has 4 rings (SSSR count). The van der Waals surface area contributed by atoms with Gasteiger partial charge in [0, 0.05) is 67.5 Å². The highest BCUT2D eigenvalue weighted by Crippen LogP contribution is 2.27. The van der Waals surface area contributed by atoms with Crippen LogP contribution in [0.2, 0.25) is 10.0 Å². The average molecular weight is 477 g/mol. The lowest BCUT2D eigenvalue weighted by atomic mass is 10.1. The Hall–Kier alpha value is -2.68. The zero-order valence-corrected chi connectivity index (χ0v) is 18.8. The van der Waals surface area contributed by atoms with Gasteiger partial charge < -0.3 is 9.80 Å². The second-order valence-electron chi connectivity index (χ2n) is 7.95. The average Bonchev–Trinajstić information content (AvgIpc) is 3.29. The zero-order valence-electron chi connectivity index (χ0n) is 17.2. The van der Waals surface area contributed by atoms with Gasteiger partial charge in [0.15, 0.2) is 0 Å². The Kier molecular flexibility index (Phi) is 6.64. The van der Waals surface area contributed by atoms with Crippen molar-refractivity contribution in [2.24, 2.45) is 0 Å². The highest BCUT2D eigenvalue weighted by atomic mass is 35.5. The predicted molar refractivity (Wildman–Crippen MR) is 121 cm³/mol. The number of nitro benzene ring substituents is 1. The molecule has 0 bridgehead atoms. The summed E-state index contributed by atoms with van der Waals surface area (Å²) in [6.45, 7) is 3.85. The molecule has 32 heavy (non-hydrogen) atoms. The van der Waals surface area contributed by atoms with E-state index in [4.69, 9.17) is 23.2 Å². The molecule has 2 fully saturated rings. The van der Waals surface area contributed by atoms with Gasteiger partial charge in [-0.3, -0.25) is 24.6 Å². The quantitative estimate of drug-likeness (QED) is 0.497. The molecular weight excluding hydrogens is 455 g/mol. The number of likely N-dealkylation sites (tertiary alicyclic amines) is 1. The van der Waals surface area contributed by atoms with Gasteiger partial charge in [0.25, 0.3) is 17.5 Å². The van der Waals surface area contributed by atoms with Crippen molar-refractivity contribution in [3.63, 3.8) is 0 Å². The summed E-state index contributed by atoms with van der Waals surface area (Å²) in [5.74, 6) is -0.238. The summed E-state index contributed by atoms with van der Waals surface area (Å²) in [6.07, 6.45) is 0.826. The molecule has 0 N–H and O–H groups in total. The van der Waals surface area contributed by atoms with E-state index in [1.165, 1.54) is 18.2 Å². The number of hydrogen-bond acceptors (Lipinski definition) is 5. The summed E-state index contributed by atoms with van der Waals surface area (Å²) >= 11 is 11.8. The lowest BCUT2D eigenvalue weighted by Crippen LogP contribution is -2.52. The van der Waals surface area contributed by atoms with Gasteiger partial charge in [0.1, 0.15) is 5.02 Å². The number of carbonyl (C=O) groups excluding carboxylic acids is 2. The van der Waals surface area contributed by atoms with Crippen molar-refractivity contribution < 1.29 is 14.5 Å². The Bertz CT molecular complexity index is 1040. The van der Waals surface area contributed by atoms with Gasteiger partial charge in [0.05, 0.1) is 4.92 Å². The minimum Gasteiger partial charge on any atom is -0.337 e. The Balaban J connectivity index is 1.33. The van der Waals surface area contributed by atoms with Crippen LogP contribution in [0, 0.1) is 10.1 Å². The number of benzene rings is 2. The standard InChI is InChI=1S/C22H22Cl2N4O4/c23-17-4-1-15(2-5-17)21(29)26-11-9-25(10-12-26)18-7-8-27(14-18)22(30)16-3-6-19(24)20(13-16)28(31)32/h1-6,13,18H,7-12,14H2/t18-/m0/s1. The van der Waals surface area contributed by atoms with Crippen molar-refractivity contribution in [1.29, 1.82) is 0 Å². The number of rotatable bonds is 4. The van der Waals surface area contributed by atoms with Gasteiger partial charge in [-0.1, -0.05) is 23.2 Å². The molecule has 0 spiro atoms. The van der Waals surface area contributed by atoms with Gasteiger partial charge in [0.2, 0.25) is 0 Å². The van der Waals surface area contributed by atoms with Gasteiger partial charge in [-0.05, 0) is 42.8 Å². The number of halogens is 2. The van der Waals surface area contributed by atoms with Gasteiger partial charge in [-0.15, -0.1) is 0 Å². The highest BCUT2D eigenvalue weighted by Gasteiger charge is 2.33. The van der Waals surface area contributed by atoms with Crippen molar-refractivity contribution in [1.82, 2.24) is 14.7 Å². The largest absolute Gasteiger partial charge is 0.337 e. The smallest absolute Gasteiger partial charge is 0.288 e. The first-order valence-corrected chi connectivity index (χ1v) is 11.1. The Morgan fingerprint density at radius 2 is 1.50 bits per heavy atom. The second-order valence-corrected chi connectivity index (χ2v) is 8.80. The van der Waals surface area contributed by atoms with E-state index >= 15 is 0 Å². The SMILES string of the molecule is O=C(c1ccc(Cl)cc1)N1CCN([C@H]2CCN(C(=O)c3ccc(Cl)c([N+](=O)[O-])c3)C2)CC1. The van der Waals surface area contributed by atoms with Crippen molar-refractivity contribution >= 4 is 40.7 Å². The van der Waals surface area contributed by atoms with Gasteiger partial charge >= 0.3 is 0 Å². The molecule has 2 aliphatic rings. The molecule has 8 nitrogen and oxygen atoms in total. The number of amides is 2. The molecule has 0 aromatic heterocycles. The third kappa shape index (κ3) is 4.72. The number of piperazine rings is 1. The van der Waals surface area contributed by atoms with Crippen LogP contribution >= 0.6 is 23.2 Å². The molecule has 10 heteroatoms. The van der Waals surface area contributed by atoms with Crippen LogP contribution in [0.1, 0.15) is 27.1 Å². The second kappa shape index (κ2) is 9.44. The molecule has 0 aliphatic carbocycles. The normalized spacial score (nSPS) is 19.2. The van der Waals surface area contributed by atoms with Crippen LogP contribution in [0.4, 0.5) is 5.69 Å². The van der Waals surface area contributed by atoms with Crippen LogP contribution in [-0.2, 0) is 0 Å². The summed E-state index contributed by atoms with van der Waals surface area (Å²) in [4.78, 5) is 42.0. The van der Waals surface area contributed by atoms with E-state index in [0.717, 1.165) is 19.5 Å². The van der Waals surface area contributed by atoms with E-state index in [9.17, 15) is 19.7 Å². The molecule has 0 radical (unpaired) electrons. The summed E-state index contributed by atoms with van der Waals surface area (Å²) in [6, 6.07) is 11.2. The molecule has 2 aromatic rings. The van der Waals surface area contributed by atoms with Crippen molar-refractivity contribution in [2.75, 3.05) is 39.3 Å².